The van der Waals surface area contributed by atoms with Crippen LogP contribution in [0.2, 0.25) is 5.02 Å². The molecule has 2 aromatic rings. The van der Waals surface area contributed by atoms with Crippen molar-refractivity contribution in [2.24, 2.45) is 19.1 Å². The summed E-state index contributed by atoms with van der Waals surface area (Å²) in [5.41, 5.74) is 0.764. The second-order valence-electron chi connectivity index (χ2n) is 3.94. The summed E-state index contributed by atoms with van der Waals surface area (Å²) in [6, 6.07) is 7.35. The van der Waals surface area contributed by atoms with Crippen LogP contribution in [-0.2, 0) is 18.8 Å². The van der Waals surface area contributed by atoms with E-state index in [2.05, 4.69) is 4.99 Å². The first-order chi connectivity index (χ1) is 8.61. The highest BCUT2D eigenvalue weighted by molar-refractivity contribution is 6.30. The molecular formula is C13H15ClN3O+. The van der Waals surface area contributed by atoms with Gasteiger partial charge in [0.2, 0.25) is 0 Å². The first kappa shape index (κ1) is 12.6. The number of halogens is 1. The Morgan fingerprint density at radius 1 is 1.44 bits per heavy atom. The summed E-state index contributed by atoms with van der Waals surface area (Å²) in [4.78, 5) is 4.47. The maximum atomic E-state index is 5.94. The van der Waals surface area contributed by atoms with Gasteiger partial charge in [0, 0.05) is 5.02 Å². The predicted molar refractivity (Wildman–Crippen MR) is 71.2 cm³/mol. The van der Waals surface area contributed by atoms with E-state index >= 15 is 0 Å². The van der Waals surface area contributed by atoms with Crippen LogP contribution < -0.4 is 4.57 Å². The van der Waals surface area contributed by atoms with Crippen LogP contribution in [0.4, 0.5) is 5.69 Å². The standard InChI is InChI=1S/C13H15ClN3O/c1-16-7-8-17(2)13(16)12(18-3)15-11-6-4-5-10(14)9-11/h4-9H,1-3H3/q+1. The zero-order chi connectivity index (χ0) is 13.1. The monoisotopic (exact) mass is 264 g/mol. The number of aromatic nitrogens is 2. The van der Waals surface area contributed by atoms with Gasteiger partial charge in [0.25, 0.3) is 0 Å². The van der Waals surface area contributed by atoms with E-state index in [1.165, 1.54) is 0 Å². The van der Waals surface area contributed by atoms with Crippen molar-refractivity contribution in [3.63, 3.8) is 0 Å². The van der Waals surface area contributed by atoms with E-state index in [0.29, 0.717) is 10.9 Å². The molecule has 0 fully saturated rings. The molecule has 0 saturated heterocycles. The summed E-state index contributed by atoms with van der Waals surface area (Å²) < 4.78 is 9.27. The fraction of sp³-hybridized carbons (Fsp3) is 0.231. The molecule has 5 heteroatoms. The maximum absolute atomic E-state index is 5.94. The second-order valence-corrected chi connectivity index (χ2v) is 4.38. The summed E-state index contributed by atoms with van der Waals surface area (Å²) in [5.74, 6) is 1.43. The van der Waals surface area contributed by atoms with Crippen molar-refractivity contribution < 1.29 is 9.30 Å². The molecule has 0 unspecified atom stereocenters. The molecular weight excluding hydrogens is 250 g/mol. The molecule has 94 valence electrons. The topological polar surface area (TPSA) is 30.4 Å². The molecule has 18 heavy (non-hydrogen) atoms. The number of rotatable bonds is 2. The van der Waals surface area contributed by atoms with Crippen molar-refractivity contribution in [1.82, 2.24) is 4.57 Å². The number of methoxy groups -OCH3 is 1. The summed E-state index contributed by atoms with van der Waals surface area (Å²) in [6.45, 7) is 0. The first-order valence-corrected chi connectivity index (χ1v) is 5.89. The molecule has 4 nitrogen and oxygen atoms in total. The number of aliphatic imine (C=N–C) groups is 1. The maximum Gasteiger partial charge on any atom is 0.344 e. The molecule has 1 aromatic carbocycles. The number of hydrogen-bond acceptors (Lipinski definition) is 2. The van der Waals surface area contributed by atoms with Crippen LogP contribution in [0.3, 0.4) is 0 Å². The predicted octanol–water partition coefficient (Wildman–Crippen LogP) is 2.23. The second kappa shape index (κ2) is 5.23. The van der Waals surface area contributed by atoms with Crippen LogP contribution >= 0.6 is 11.6 Å². The van der Waals surface area contributed by atoms with E-state index < -0.39 is 0 Å². The largest absolute Gasteiger partial charge is 0.475 e. The third-order valence-corrected chi connectivity index (χ3v) is 2.84. The van der Waals surface area contributed by atoms with Gasteiger partial charge in [-0.3, -0.25) is 0 Å². The number of aryl methyl sites for hydroxylation is 2. The van der Waals surface area contributed by atoms with E-state index in [1.54, 1.807) is 13.2 Å². The van der Waals surface area contributed by atoms with E-state index in [4.69, 9.17) is 16.3 Å². The lowest BCUT2D eigenvalue weighted by molar-refractivity contribution is -0.672. The molecule has 0 aliphatic heterocycles. The molecule has 0 aliphatic carbocycles. The number of ether oxygens (including phenoxy) is 1. The van der Waals surface area contributed by atoms with Gasteiger partial charge in [0.1, 0.15) is 12.4 Å². The average molecular weight is 265 g/mol. The minimum Gasteiger partial charge on any atom is -0.475 e. The van der Waals surface area contributed by atoms with Crippen molar-refractivity contribution in [3.8, 4) is 0 Å². The zero-order valence-electron chi connectivity index (χ0n) is 10.6. The van der Waals surface area contributed by atoms with Crippen LogP contribution in [0.1, 0.15) is 5.82 Å². The molecule has 0 spiro atoms. The quantitative estimate of drug-likeness (QED) is 0.465. The van der Waals surface area contributed by atoms with E-state index in [1.807, 2.05) is 53.8 Å². The SMILES string of the molecule is COC(=Nc1cccc(Cl)c1)c1n(C)cc[n+]1C. The molecule has 0 amide bonds. The molecule has 1 aromatic heterocycles. The van der Waals surface area contributed by atoms with E-state index in [0.717, 1.165) is 11.5 Å². The molecule has 0 saturated carbocycles. The van der Waals surface area contributed by atoms with Gasteiger partial charge in [-0.05, 0) is 18.2 Å². The summed E-state index contributed by atoms with van der Waals surface area (Å²) >= 11 is 5.94. The Hall–Kier alpha value is -1.81. The van der Waals surface area contributed by atoms with Gasteiger partial charge in [-0.15, -0.1) is 0 Å². The third kappa shape index (κ3) is 2.54. The van der Waals surface area contributed by atoms with Crippen molar-refractivity contribution in [2.45, 2.75) is 0 Å². The number of benzene rings is 1. The fourth-order valence-electron chi connectivity index (χ4n) is 1.74. The van der Waals surface area contributed by atoms with Gasteiger partial charge in [-0.2, -0.15) is 0 Å². The molecule has 0 N–H and O–H groups in total. The van der Waals surface area contributed by atoms with Gasteiger partial charge in [0.15, 0.2) is 0 Å². The van der Waals surface area contributed by atoms with Gasteiger partial charge in [0.05, 0.1) is 26.9 Å². The Morgan fingerprint density at radius 3 is 2.78 bits per heavy atom. The molecule has 2 rings (SSSR count). The van der Waals surface area contributed by atoms with Crippen molar-refractivity contribution >= 4 is 23.2 Å². The lowest BCUT2D eigenvalue weighted by atomic mass is 10.3. The Balaban J connectivity index is 2.46. The number of nitrogens with zero attached hydrogens (tertiary/aromatic N) is 3. The van der Waals surface area contributed by atoms with Crippen LogP contribution in [0.5, 0.6) is 0 Å². The minimum atomic E-state index is 0.548. The summed E-state index contributed by atoms with van der Waals surface area (Å²) in [7, 11) is 5.50. The number of imidazole rings is 1. The van der Waals surface area contributed by atoms with Crippen LogP contribution in [0, 0.1) is 0 Å². The molecule has 0 aliphatic rings. The van der Waals surface area contributed by atoms with Gasteiger partial charge < -0.3 is 4.74 Å². The van der Waals surface area contributed by atoms with Crippen LogP contribution in [-0.4, -0.2) is 17.6 Å². The molecule has 1 heterocycles. The first-order valence-electron chi connectivity index (χ1n) is 5.51. The Labute approximate surface area is 111 Å². The Bertz CT molecular complexity index is 570. The highest BCUT2D eigenvalue weighted by Crippen LogP contribution is 2.18. The summed E-state index contributed by atoms with van der Waals surface area (Å²) in [5, 5.41) is 0.656. The lowest BCUT2D eigenvalue weighted by Gasteiger charge is -2.02. The molecule has 0 atom stereocenters. The van der Waals surface area contributed by atoms with Gasteiger partial charge >= 0.3 is 11.7 Å². The highest BCUT2D eigenvalue weighted by Gasteiger charge is 2.20. The van der Waals surface area contributed by atoms with E-state index in [-0.39, 0.29) is 0 Å². The van der Waals surface area contributed by atoms with Crippen LogP contribution in [0.25, 0.3) is 0 Å². The highest BCUT2D eigenvalue weighted by atomic mass is 35.5. The molecule has 0 radical (unpaired) electrons. The van der Waals surface area contributed by atoms with E-state index in [9.17, 15) is 0 Å². The van der Waals surface area contributed by atoms with Crippen molar-refractivity contribution in [1.29, 1.82) is 0 Å². The Kier molecular flexibility index (Phi) is 3.67. The minimum absolute atomic E-state index is 0.548. The lowest BCUT2D eigenvalue weighted by Crippen LogP contribution is -2.35. The Morgan fingerprint density at radius 2 is 2.22 bits per heavy atom. The molecule has 0 bridgehead atoms. The van der Waals surface area contributed by atoms with Crippen LogP contribution in [0.15, 0.2) is 41.7 Å². The van der Waals surface area contributed by atoms with Gasteiger partial charge in [-0.25, -0.2) is 14.1 Å². The fourth-order valence-corrected chi connectivity index (χ4v) is 1.93. The zero-order valence-corrected chi connectivity index (χ0v) is 11.3. The summed E-state index contributed by atoms with van der Waals surface area (Å²) in [6.07, 6.45) is 3.89. The van der Waals surface area contributed by atoms with Gasteiger partial charge in [-0.1, -0.05) is 17.7 Å². The average Bonchev–Trinajstić information content (AvgIpc) is 2.67. The smallest absolute Gasteiger partial charge is 0.344 e. The number of hydrogen-bond donors (Lipinski definition) is 0. The van der Waals surface area contributed by atoms with Crippen molar-refractivity contribution in [2.75, 3.05) is 7.11 Å². The third-order valence-electron chi connectivity index (χ3n) is 2.61. The normalized spacial score (nSPS) is 11.7. The van der Waals surface area contributed by atoms with Crippen molar-refractivity contribution in [3.05, 3.63) is 47.5 Å².